The third-order valence-electron chi connectivity index (χ3n) is 3.90. The van der Waals surface area contributed by atoms with E-state index in [2.05, 4.69) is 20.6 Å². The summed E-state index contributed by atoms with van der Waals surface area (Å²) < 4.78 is 3.39. The Kier molecular flexibility index (Phi) is 4.02. The fourth-order valence-electron chi connectivity index (χ4n) is 2.67. The highest BCUT2D eigenvalue weighted by Gasteiger charge is 2.14. The molecule has 4 aromatic rings. The van der Waals surface area contributed by atoms with Gasteiger partial charge in [-0.15, -0.1) is 10.2 Å². The Balaban J connectivity index is 1.57. The summed E-state index contributed by atoms with van der Waals surface area (Å²) in [6, 6.07) is 13.8. The van der Waals surface area contributed by atoms with Gasteiger partial charge in [0.2, 0.25) is 5.91 Å². The van der Waals surface area contributed by atoms with Gasteiger partial charge in [-0.25, -0.2) is 0 Å². The van der Waals surface area contributed by atoms with E-state index in [-0.39, 0.29) is 11.7 Å². The van der Waals surface area contributed by atoms with Crippen LogP contribution in [0.2, 0.25) is 0 Å². The molecule has 3 aromatic heterocycles. The van der Waals surface area contributed by atoms with E-state index >= 15 is 0 Å². The van der Waals surface area contributed by atoms with Crippen molar-refractivity contribution in [2.24, 2.45) is 7.05 Å². The second-order valence-corrected chi connectivity index (χ2v) is 6.49. The normalized spacial score (nSPS) is 10.9. The highest BCUT2D eigenvalue weighted by molar-refractivity contribution is 7.99. The molecule has 8 nitrogen and oxygen atoms in total. The molecule has 1 aromatic carbocycles. The summed E-state index contributed by atoms with van der Waals surface area (Å²) in [6.45, 7) is 0. The molecular formula is C17H13N7OS. The number of aromatic nitrogens is 5. The lowest BCUT2D eigenvalue weighted by atomic mass is 10.2. The SMILES string of the molecule is Cn1ncc(C#N)c1NC(=O)CSc1nnc2ccc3ccccc3n12. The van der Waals surface area contributed by atoms with Crippen LogP contribution in [0.1, 0.15) is 5.56 Å². The average molecular weight is 363 g/mol. The van der Waals surface area contributed by atoms with E-state index in [1.54, 1.807) is 7.05 Å². The van der Waals surface area contributed by atoms with E-state index in [9.17, 15) is 4.79 Å². The van der Waals surface area contributed by atoms with Crippen LogP contribution < -0.4 is 5.32 Å². The number of aryl methyl sites for hydroxylation is 1. The molecule has 4 rings (SSSR count). The molecule has 0 aliphatic heterocycles. The Bertz CT molecular complexity index is 1170. The lowest BCUT2D eigenvalue weighted by Gasteiger charge is -2.06. The molecule has 0 aliphatic rings. The highest BCUT2D eigenvalue weighted by atomic mass is 32.2. The predicted molar refractivity (Wildman–Crippen MR) is 97.8 cm³/mol. The molecule has 1 amide bonds. The van der Waals surface area contributed by atoms with Gasteiger partial charge in [0, 0.05) is 7.05 Å². The number of pyridine rings is 1. The van der Waals surface area contributed by atoms with Crippen LogP contribution in [0.3, 0.4) is 0 Å². The molecule has 0 radical (unpaired) electrons. The summed E-state index contributed by atoms with van der Waals surface area (Å²) in [5.74, 6) is 0.279. The van der Waals surface area contributed by atoms with Crippen LogP contribution in [0.15, 0.2) is 47.8 Å². The lowest BCUT2D eigenvalue weighted by Crippen LogP contribution is -2.17. The predicted octanol–water partition coefficient (Wildman–Crippen LogP) is 2.22. The number of nitrogens with one attached hydrogen (secondary N) is 1. The molecule has 26 heavy (non-hydrogen) atoms. The first-order chi connectivity index (χ1) is 12.7. The molecule has 0 unspecified atom stereocenters. The topological polar surface area (TPSA) is 101 Å². The van der Waals surface area contributed by atoms with Gasteiger partial charge in [-0.2, -0.15) is 10.4 Å². The van der Waals surface area contributed by atoms with Crippen molar-refractivity contribution in [1.82, 2.24) is 24.4 Å². The second kappa shape index (κ2) is 6.50. The van der Waals surface area contributed by atoms with Gasteiger partial charge >= 0.3 is 0 Å². The Labute approximate surface area is 152 Å². The minimum absolute atomic E-state index is 0.139. The van der Waals surface area contributed by atoms with Crippen LogP contribution in [-0.2, 0) is 11.8 Å². The van der Waals surface area contributed by atoms with Gasteiger partial charge in [-0.05, 0) is 23.6 Å². The van der Waals surface area contributed by atoms with Crippen molar-refractivity contribution >= 4 is 40.0 Å². The fourth-order valence-corrected chi connectivity index (χ4v) is 3.42. The molecule has 0 spiro atoms. The number of nitriles is 1. The van der Waals surface area contributed by atoms with Gasteiger partial charge in [0.25, 0.3) is 0 Å². The monoisotopic (exact) mass is 363 g/mol. The van der Waals surface area contributed by atoms with Crippen LogP contribution >= 0.6 is 11.8 Å². The van der Waals surface area contributed by atoms with E-state index in [0.29, 0.717) is 16.5 Å². The highest BCUT2D eigenvalue weighted by Crippen LogP contribution is 2.23. The van der Waals surface area contributed by atoms with Gasteiger partial charge < -0.3 is 5.32 Å². The number of benzene rings is 1. The van der Waals surface area contributed by atoms with Crippen molar-refractivity contribution < 1.29 is 4.79 Å². The maximum atomic E-state index is 12.3. The number of amides is 1. The molecule has 0 atom stereocenters. The van der Waals surface area contributed by atoms with Crippen LogP contribution in [0.25, 0.3) is 16.6 Å². The number of carbonyl (C=O) groups excluding carboxylic acids is 1. The first-order valence-corrected chi connectivity index (χ1v) is 8.73. The summed E-state index contributed by atoms with van der Waals surface area (Å²) in [5.41, 5.74) is 2.03. The minimum Gasteiger partial charge on any atom is -0.309 e. The number of rotatable bonds is 4. The molecule has 0 bridgehead atoms. The van der Waals surface area contributed by atoms with Gasteiger partial charge in [0.1, 0.15) is 17.5 Å². The third kappa shape index (κ3) is 2.76. The Morgan fingerprint density at radius 3 is 2.96 bits per heavy atom. The van der Waals surface area contributed by atoms with Crippen molar-refractivity contribution in [3.8, 4) is 6.07 Å². The molecule has 0 fully saturated rings. The number of fused-ring (bicyclic) bond motifs is 3. The number of anilines is 1. The van der Waals surface area contributed by atoms with Crippen LogP contribution in [0.5, 0.6) is 0 Å². The smallest absolute Gasteiger partial charge is 0.236 e. The van der Waals surface area contributed by atoms with Crippen LogP contribution in [0.4, 0.5) is 5.82 Å². The zero-order valence-electron chi connectivity index (χ0n) is 13.7. The van der Waals surface area contributed by atoms with E-state index in [0.717, 1.165) is 16.6 Å². The van der Waals surface area contributed by atoms with Crippen LogP contribution in [-0.4, -0.2) is 36.0 Å². The number of thioether (sulfide) groups is 1. The number of hydrogen-bond acceptors (Lipinski definition) is 6. The van der Waals surface area contributed by atoms with Crippen molar-refractivity contribution in [1.29, 1.82) is 5.26 Å². The van der Waals surface area contributed by atoms with Crippen LogP contribution in [0, 0.1) is 11.3 Å². The summed E-state index contributed by atoms with van der Waals surface area (Å²) in [5, 5.41) is 25.8. The summed E-state index contributed by atoms with van der Waals surface area (Å²) >= 11 is 1.29. The minimum atomic E-state index is -0.243. The Morgan fingerprint density at radius 2 is 2.12 bits per heavy atom. The summed E-state index contributed by atoms with van der Waals surface area (Å²) in [6.07, 6.45) is 1.42. The maximum Gasteiger partial charge on any atom is 0.236 e. The standard InChI is InChI=1S/C17H13N7OS/c1-23-16(12(8-18)9-19-23)20-15(25)10-26-17-22-21-14-7-6-11-4-2-3-5-13(11)24(14)17/h2-7,9H,10H2,1H3,(H,20,25). The second-order valence-electron chi connectivity index (χ2n) is 5.55. The van der Waals surface area contributed by atoms with Gasteiger partial charge in [-0.3, -0.25) is 13.9 Å². The van der Waals surface area contributed by atoms with E-state index in [4.69, 9.17) is 5.26 Å². The summed E-state index contributed by atoms with van der Waals surface area (Å²) in [4.78, 5) is 12.3. The van der Waals surface area contributed by atoms with Crippen molar-refractivity contribution in [2.45, 2.75) is 5.16 Å². The Morgan fingerprint density at radius 1 is 1.27 bits per heavy atom. The first-order valence-electron chi connectivity index (χ1n) is 7.75. The largest absolute Gasteiger partial charge is 0.309 e. The maximum absolute atomic E-state index is 12.3. The van der Waals surface area contributed by atoms with E-state index < -0.39 is 0 Å². The molecule has 0 saturated heterocycles. The van der Waals surface area contributed by atoms with Crippen molar-refractivity contribution in [3.63, 3.8) is 0 Å². The molecule has 128 valence electrons. The van der Waals surface area contributed by atoms with E-state index in [1.165, 1.54) is 22.6 Å². The molecule has 0 aliphatic carbocycles. The molecular weight excluding hydrogens is 350 g/mol. The third-order valence-corrected chi connectivity index (χ3v) is 4.83. The average Bonchev–Trinajstić information content (AvgIpc) is 3.24. The lowest BCUT2D eigenvalue weighted by molar-refractivity contribution is -0.113. The van der Waals surface area contributed by atoms with Gasteiger partial charge in [0.15, 0.2) is 10.8 Å². The zero-order chi connectivity index (χ0) is 18.1. The van der Waals surface area contributed by atoms with Crippen molar-refractivity contribution in [3.05, 3.63) is 48.2 Å². The molecule has 0 saturated carbocycles. The summed E-state index contributed by atoms with van der Waals surface area (Å²) in [7, 11) is 1.67. The number of nitrogens with zero attached hydrogens (tertiary/aromatic N) is 6. The zero-order valence-corrected chi connectivity index (χ0v) is 14.6. The van der Waals surface area contributed by atoms with Crippen molar-refractivity contribution in [2.75, 3.05) is 11.1 Å². The first kappa shape index (κ1) is 16.1. The van der Waals surface area contributed by atoms with E-state index in [1.807, 2.05) is 46.9 Å². The Hall–Kier alpha value is -3.38. The fraction of sp³-hybridized carbons (Fsp3) is 0.118. The number of hydrogen-bond donors (Lipinski definition) is 1. The number of para-hydroxylation sites is 1. The van der Waals surface area contributed by atoms with Gasteiger partial charge in [-0.1, -0.05) is 30.0 Å². The van der Waals surface area contributed by atoms with Gasteiger partial charge in [0.05, 0.1) is 17.5 Å². The molecule has 1 N–H and O–H groups in total. The quantitative estimate of drug-likeness (QED) is 0.558. The molecule has 3 heterocycles. The number of carbonyl (C=O) groups is 1. The molecule has 9 heteroatoms.